The number of ketones is 1. The molecule has 0 bridgehead atoms. The molecule has 2 heterocycles. The SMILES string of the molecule is CN(C)C(=O)Nc1cc(C(=O)c2cccnc2)cc(-c2cccc3[nH]ccc23)c1. The zero-order valence-corrected chi connectivity index (χ0v) is 16.1. The average Bonchev–Trinajstić information content (AvgIpc) is 3.22. The van der Waals surface area contributed by atoms with Crippen molar-refractivity contribution in [1.29, 1.82) is 0 Å². The van der Waals surface area contributed by atoms with Crippen LogP contribution in [0.15, 0.2) is 73.2 Å². The molecule has 0 saturated carbocycles. The number of urea groups is 1. The maximum absolute atomic E-state index is 13.0. The minimum Gasteiger partial charge on any atom is -0.361 e. The van der Waals surface area contributed by atoms with E-state index in [1.54, 1.807) is 44.7 Å². The Bertz CT molecular complexity index is 1200. The second-order valence-corrected chi connectivity index (χ2v) is 6.94. The number of anilines is 1. The first-order valence-electron chi connectivity index (χ1n) is 9.17. The van der Waals surface area contributed by atoms with E-state index in [2.05, 4.69) is 15.3 Å². The van der Waals surface area contributed by atoms with Gasteiger partial charge in [0.15, 0.2) is 5.78 Å². The highest BCUT2D eigenvalue weighted by Crippen LogP contribution is 2.31. The lowest BCUT2D eigenvalue weighted by atomic mass is 9.96. The lowest BCUT2D eigenvalue weighted by Crippen LogP contribution is -2.27. The van der Waals surface area contributed by atoms with Gasteiger partial charge in [-0.05, 0) is 53.6 Å². The van der Waals surface area contributed by atoms with Crippen molar-refractivity contribution >= 4 is 28.4 Å². The highest BCUT2D eigenvalue weighted by Gasteiger charge is 2.15. The zero-order valence-electron chi connectivity index (χ0n) is 16.1. The normalized spacial score (nSPS) is 10.7. The number of aromatic nitrogens is 2. The number of hydrogen-bond donors (Lipinski definition) is 2. The van der Waals surface area contributed by atoms with E-state index < -0.39 is 0 Å². The molecule has 6 nitrogen and oxygen atoms in total. The number of hydrogen-bond acceptors (Lipinski definition) is 3. The summed E-state index contributed by atoms with van der Waals surface area (Å²) < 4.78 is 0. The van der Waals surface area contributed by atoms with Crippen molar-refractivity contribution in [2.24, 2.45) is 0 Å². The number of fused-ring (bicyclic) bond motifs is 1. The van der Waals surface area contributed by atoms with E-state index in [1.165, 1.54) is 4.90 Å². The van der Waals surface area contributed by atoms with Gasteiger partial charge in [-0.25, -0.2) is 4.79 Å². The lowest BCUT2D eigenvalue weighted by molar-refractivity contribution is 0.103. The predicted molar refractivity (Wildman–Crippen MR) is 114 cm³/mol. The maximum atomic E-state index is 13.0. The summed E-state index contributed by atoms with van der Waals surface area (Å²) in [6.07, 6.45) is 5.05. The molecule has 0 unspecified atom stereocenters. The number of aromatic amines is 1. The van der Waals surface area contributed by atoms with Crippen LogP contribution in [0.2, 0.25) is 0 Å². The Labute approximate surface area is 168 Å². The standard InChI is InChI=1S/C23H20N4O2/c1-27(2)23(29)26-18-12-16(19-6-3-7-21-20(19)8-10-25-21)11-17(13-18)22(28)15-5-4-9-24-14-15/h3-14,25H,1-2H3,(H,26,29). The van der Waals surface area contributed by atoms with Crippen molar-refractivity contribution in [1.82, 2.24) is 14.9 Å². The molecule has 4 rings (SSSR count). The van der Waals surface area contributed by atoms with E-state index in [1.807, 2.05) is 42.6 Å². The zero-order chi connectivity index (χ0) is 20.4. The summed E-state index contributed by atoms with van der Waals surface area (Å²) in [5.41, 5.74) is 4.36. The van der Waals surface area contributed by atoms with Gasteiger partial charge in [-0.1, -0.05) is 12.1 Å². The molecule has 0 saturated heterocycles. The number of nitrogens with zero attached hydrogens (tertiary/aromatic N) is 2. The molecule has 0 spiro atoms. The van der Waals surface area contributed by atoms with Crippen LogP contribution in [0.4, 0.5) is 10.5 Å². The largest absolute Gasteiger partial charge is 0.361 e. The molecule has 0 aliphatic carbocycles. The molecular weight excluding hydrogens is 364 g/mol. The van der Waals surface area contributed by atoms with E-state index in [-0.39, 0.29) is 11.8 Å². The number of carbonyl (C=O) groups excluding carboxylic acids is 2. The fourth-order valence-electron chi connectivity index (χ4n) is 3.22. The second kappa shape index (κ2) is 7.59. The molecule has 0 atom stereocenters. The summed E-state index contributed by atoms with van der Waals surface area (Å²) in [4.78, 5) is 33.9. The second-order valence-electron chi connectivity index (χ2n) is 6.94. The van der Waals surface area contributed by atoms with Crippen molar-refractivity contribution in [2.45, 2.75) is 0 Å². The number of amides is 2. The summed E-state index contributed by atoms with van der Waals surface area (Å²) in [5.74, 6) is -0.151. The van der Waals surface area contributed by atoms with E-state index in [4.69, 9.17) is 0 Å². The highest BCUT2D eigenvalue weighted by molar-refractivity contribution is 6.11. The van der Waals surface area contributed by atoms with Gasteiger partial charge in [0, 0.05) is 60.4 Å². The maximum Gasteiger partial charge on any atom is 0.321 e. The van der Waals surface area contributed by atoms with E-state index >= 15 is 0 Å². The van der Waals surface area contributed by atoms with Crippen LogP contribution in [0.25, 0.3) is 22.0 Å². The Morgan fingerprint density at radius 3 is 2.62 bits per heavy atom. The van der Waals surface area contributed by atoms with Gasteiger partial charge < -0.3 is 15.2 Å². The van der Waals surface area contributed by atoms with Gasteiger partial charge in [0.25, 0.3) is 0 Å². The number of carbonyl (C=O) groups is 2. The molecule has 0 aliphatic heterocycles. The molecule has 2 N–H and O–H groups in total. The van der Waals surface area contributed by atoms with Crippen molar-refractivity contribution in [3.63, 3.8) is 0 Å². The number of H-pyrrole nitrogens is 1. The number of pyridine rings is 1. The predicted octanol–water partition coefficient (Wildman–Crippen LogP) is 4.55. The van der Waals surface area contributed by atoms with Gasteiger partial charge >= 0.3 is 6.03 Å². The monoisotopic (exact) mass is 384 g/mol. The Morgan fingerprint density at radius 2 is 1.86 bits per heavy atom. The van der Waals surface area contributed by atoms with Crippen LogP contribution in [0.5, 0.6) is 0 Å². The van der Waals surface area contributed by atoms with Crippen LogP contribution >= 0.6 is 0 Å². The van der Waals surface area contributed by atoms with E-state index in [0.717, 1.165) is 22.0 Å². The Morgan fingerprint density at radius 1 is 1.00 bits per heavy atom. The van der Waals surface area contributed by atoms with Gasteiger partial charge in [0.2, 0.25) is 0 Å². The van der Waals surface area contributed by atoms with Gasteiger partial charge in [0.1, 0.15) is 0 Å². The van der Waals surface area contributed by atoms with Gasteiger partial charge in [0.05, 0.1) is 0 Å². The summed E-state index contributed by atoms with van der Waals surface area (Å²) in [5, 5.41) is 3.90. The third-order valence-electron chi connectivity index (χ3n) is 4.68. The first-order chi connectivity index (χ1) is 14.0. The minimum atomic E-state index is -0.262. The third kappa shape index (κ3) is 3.73. The summed E-state index contributed by atoms with van der Waals surface area (Å²) in [6.45, 7) is 0. The van der Waals surface area contributed by atoms with Crippen LogP contribution in [-0.2, 0) is 0 Å². The Balaban J connectivity index is 1.85. The van der Waals surface area contributed by atoms with Gasteiger partial charge in [-0.3, -0.25) is 9.78 Å². The van der Waals surface area contributed by atoms with Crippen molar-refractivity contribution in [3.8, 4) is 11.1 Å². The Hall–Kier alpha value is -3.93. The van der Waals surface area contributed by atoms with Crippen LogP contribution in [-0.4, -0.2) is 40.8 Å². The first kappa shape index (κ1) is 18.4. The summed E-state index contributed by atoms with van der Waals surface area (Å²) in [6, 6.07) is 16.6. The average molecular weight is 384 g/mol. The third-order valence-corrected chi connectivity index (χ3v) is 4.68. The molecule has 2 aromatic heterocycles. The molecule has 6 heteroatoms. The molecular formula is C23H20N4O2. The quantitative estimate of drug-likeness (QED) is 0.507. The van der Waals surface area contributed by atoms with Crippen LogP contribution in [0, 0.1) is 0 Å². The van der Waals surface area contributed by atoms with E-state index in [0.29, 0.717) is 16.8 Å². The summed E-state index contributed by atoms with van der Waals surface area (Å²) >= 11 is 0. The van der Waals surface area contributed by atoms with Crippen LogP contribution < -0.4 is 5.32 Å². The Kier molecular flexibility index (Phi) is 4.83. The van der Waals surface area contributed by atoms with Crippen LogP contribution in [0.3, 0.4) is 0 Å². The van der Waals surface area contributed by atoms with Gasteiger partial charge in [-0.15, -0.1) is 0 Å². The number of benzene rings is 2. The first-order valence-corrected chi connectivity index (χ1v) is 9.17. The smallest absolute Gasteiger partial charge is 0.321 e. The molecule has 144 valence electrons. The molecule has 0 fully saturated rings. The van der Waals surface area contributed by atoms with Crippen molar-refractivity contribution in [3.05, 3.63) is 84.3 Å². The molecule has 2 amide bonds. The van der Waals surface area contributed by atoms with Gasteiger partial charge in [-0.2, -0.15) is 0 Å². The molecule has 2 aromatic carbocycles. The minimum absolute atomic E-state index is 0.151. The molecule has 29 heavy (non-hydrogen) atoms. The van der Waals surface area contributed by atoms with Crippen molar-refractivity contribution in [2.75, 3.05) is 19.4 Å². The fraction of sp³-hybridized carbons (Fsp3) is 0.0870. The number of nitrogens with one attached hydrogen (secondary N) is 2. The topological polar surface area (TPSA) is 78.1 Å². The lowest BCUT2D eigenvalue weighted by Gasteiger charge is -2.15. The highest BCUT2D eigenvalue weighted by atomic mass is 16.2. The van der Waals surface area contributed by atoms with E-state index in [9.17, 15) is 9.59 Å². The molecule has 4 aromatic rings. The molecule has 0 radical (unpaired) electrons. The number of rotatable bonds is 4. The van der Waals surface area contributed by atoms with Crippen molar-refractivity contribution < 1.29 is 9.59 Å². The fourth-order valence-corrected chi connectivity index (χ4v) is 3.22. The van der Waals surface area contributed by atoms with Crippen LogP contribution in [0.1, 0.15) is 15.9 Å². The molecule has 0 aliphatic rings. The summed E-state index contributed by atoms with van der Waals surface area (Å²) in [7, 11) is 3.34.